The molecule has 3 aromatic rings. The minimum absolute atomic E-state index is 0.0985. The first kappa shape index (κ1) is 23.4. The molecule has 0 spiro atoms. The van der Waals surface area contributed by atoms with E-state index in [0.717, 1.165) is 60.1 Å². The predicted octanol–water partition coefficient (Wildman–Crippen LogP) is 3.65. The van der Waals surface area contributed by atoms with Crippen molar-refractivity contribution in [2.75, 3.05) is 36.4 Å². The van der Waals surface area contributed by atoms with Gasteiger partial charge >= 0.3 is 0 Å². The zero-order chi connectivity index (χ0) is 24.5. The highest BCUT2D eigenvalue weighted by atomic mass is 35.5. The zero-order valence-corrected chi connectivity index (χ0v) is 20.7. The van der Waals surface area contributed by atoms with Crippen LogP contribution in [0.5, 0.6) is 0 Å². The summed E-state index contributed by atoms with van der Waals surface area (Å²) >= 11 is 6.26. The van der Waals surface area contributed by atoms with E-state index in [1.54, 1.807) is 21.8 Å². The van der Waals surface area contributed by atoms with Gasteiger partial charge in [-0.2, -0.15) is 5.10 Å². The van der Waals surface area contributed by atoms with Crippen LogP contribution in [-0.4, -0.2) is 52.7 Å². The van der Waals surface area contributed by atoms with Gasteiger partial charge in [-0.05, 0) is 54.8 Å². The van der Waals surface area contributed by atoms with Crippen LogP contribution >= 0.6 is 11.6 Å². The summed E-state index contributed by atoms with van der Waals surface area (Å²) in [5.74, 6) is 0.925. The molecule has 2 aliphatic heterocycles. The number of piperazine rings is 1. The number of aryl methyl sites for hydroxylation is 3. The van der Waals surface area contributed by atoms with Crippen molar-refractivity contribution in [3.8, 4) is 0 Å². The molecule has 9 heteroatoms. The van der Waals surface area contributed by atoms with Crippen LogP contribution in [0.3, 0.4) is 0 Å². The Balaban J connectivity index is 1.37. The van der Waals surface area contributed by atoms with Crippen molar-refractivity contribution in [1.82, 2.24) is 20.0 Å². The van der Waals surface area contributed by atoms with Gasteiger partial charge in [-0.15, -0.1) is 0 Å². The van der Waals surface area contributed by atoms with Crippen LogP contribution in [0.25, 0.3) is 0 Å². The number of nitrogens with zero attached hydrogens (tertiary/aromatic N) is 4. The highest BCUT2D eigenvalue weighted by molar-refractivity contribution is 6.31. The number of fused-ring (bicyclic) bond motifs is 2. The van der Waals surface area contributed by atoms with Gasteiger partial charge in [0.05, 0.1) is 24.1 Å². The van der Waals surface area contributed by atoms with E-state index in [4.69, 9.17) is 11.6 Å². The predicted molar refractivity (Wildman–Crippen MR) is 137 cm³/mol. The summed E-state index contributed by atoms with van der Waals surface area (Å²) in [6.45, 7) is 5.62. The normalized spacial score (nSPS) is 15.2. The summed E-state index contributed by atoms with van der Waals surface area (Å²) in [5.41, 5.74) is 5.15. The lowest BCUT2D eigenvalue weighted by Gasteiger charge is -2.27. The first-order valence-corrected chi connectivity index (χ1v) is 12.3. The highest BCUT2D eigenvalue weighted by Crippen LogP contribution is 2.38. The van der Waals surface area contributed by atoms with Gasteiger partial charge in [-0.3, -0.25) is 14.3 Å². The average Bonchev–Trinajstić information content (AvgIpc) is 3.11. The lowest BCUT2D eigenvalue weighted by atomic mass is 10.00. The van der Waals surface area contributed by atoms with Gasteiger partial charge in [0.25, 0.3) is 5.91 Å². The van der Waals surface area contributed by atoms with Crippen LogP contribution < -0.4 is 15.5 Å². The summed E-state index contributed by atoms with van der Waals surface area (Å²) in [7, 11) is 1.86. The summed E-state index contributed by atoms with van der Waals surface area (Å²) in [4.78, 5) is 30.0. The van der Waals surface area contributed by atoms with E-state index in [2.05, 4.69) is 15.7 Å². The lowest BCUT2D eigenvalue weighted by molar-refractivity contribution is -0.131. The molecule has 0 bridgehead atoms. The van der Waals surface area contributed by atoms with Crippen LogP contribution in [0.15, 0.2) is 42.6 Å². The van der Waals surface area contributed by atoms with Crippen molar-refractivity contribution in [3.63, 3.8) is 0 Å². The number of aromatic nitrogens is 2. The Morgan fingerprint density at radius 3 is 2.69 bits per heavy atom. The Bertz CT molecular complexity index is 1280. The molecule has 2 amide bonds. The third-order valence-corrected chi connectivity index (χ3v) is 6.99. The molecule has 2 aliphatic rings. The number of amides is 2. The largest absolute Gasteiger partial charge is 0.340 e. The van der Waals surface area contributed by atoms with Gasteiger partial charge in [-0.1, -0.05) is 17.7 Å². The quantitative estimate of drug-likeness (QED) is 0.581. The van der Waals surface area contributed by atoms with Crippen molar-refractivity contribution in [3.05, 3.63) is 69.9 Å². The van der Waals surface area contributed by atoms with E-state index in [1.807, 2.05) is 49.2 Å². The monoisotopic (exact) mass is 492 g/mol. The van der Waals surface area contributed by atoms with Gasteiger partial charge < -0.3 is 20.4 Å². The van der Waals surface area contributed by atoms with E-state index >= 15 is 0 Å². The van der Waals surface area contributed by atoms with E-state index in [9.17, 15) is 9.59 Å². The summed E-state index contributed by atoms with van der Waals surface area (Å²) in [6.07, 6.45) is 2.92. The van der Waals surface area contributed by atoms with E-state index in [-0.39, 0.29) is 11.8 Å². The number of nitrogens with one attached hydrogen (secondary N) is 2. The molecule has 2 N–H and O–H groups in total. The smallest absolute Gasteiger partial charge is 0.258 e. The zero-order valence-electron chi connectivity index (χ0n) is 20.0. The maximum absolute atomic E-state index is 13.7. The van der Waals surface area contributed by atoms with Gasteiger partial charge in [0.1, 0.15) is 5.82 Å². The number of carbonyl (C=O) groups excluding carboxylic acids is 2. The molecule has 0 unspecified atom stereocenters. The molecule has 2 aromatic carbocycles. The lowest BCUT2D eigenvalue weighted by Crippen LogP contribution is -2.46. The third-order valence-electron chi connectivity index (χ3n) is 6.76. The van der Waals surface area contributed by atoms with Gasteiger partial charge in [0, 0.05) is 55.8 Å². The molecule has 0 atom stereocenters. The fourth-order valence-electron chi connectivity index (χ4n) is 4.75. The summed E-state index contributed by atoms with van der Waals surface area (Å²) in [6, 6.07) is 11.2. The molecule has 1 aromatic heterocycles. The number of carbonyl (C=O) groups is 2. The Morgan fingerprint density at radius 1 is 1.11 bits per heavy atom. The summed E-state index contributed by atoms with van der Waals surface area (Å²) in [5, 5.41) is 11.6. The number of benzene rings is 2. The minimum atomic E-state index is -0.0985. The van der Waals surface area contributed by atoms with Crippen LogP contribution in [0.4, 0.5) is 17.2 Å². The Labute approximate surface area is 209 Å². The molecule has 8 nitrogen and oxygen atoms in total. The summed E-state index contributed by atoms with van der Waals surface area (Å²) < 4.78 is 1.76. The fraction of sp³-hybridized carbons (Fsp3) is 0.346. The molecule has 182 valence electrons. The van der Waals surface area contributed by atoms with Crippen LogP contribution in [-0.2, 0) is 24.8 Å². The maximum Gasteiger partial charge on any atom is 0.258 e. The molecule has 3 heterocycles. The topological polar surface area (TPSA) is 82.5 Å². The molecular weight excluding hydrogens is 464 g/mol. The molecule has 0 aliphatic carbocycles. The van der Waals surface area contributed by atoms with Crippen molar-refractivity contribution in [1.29, 1.82) is 0 Å². The van der Waals surface area contributed by atoms with E-state index in [1.165, 1.54) is 0 Å². The van der Waals surface area contributed by atoms with Crippen molar-refractivity contribution in [2.45, 2.75) is 26.3 Å². The first-order valence-electron chi connectivity index (χ1n) is 11.9. The van der Waals surface area contributed by atoms with E-state index in [0.29, 0.717) is 30.0 Å². The maximum atomic E-state index is 13.7. The third kappa shape index (κ3) is 4.76. The Kier molecular flexibility index (Phi) is 6.49. The van der Waals surface area contributed by atoms with Crippen molar-refractivity contribution in [2.24, 2.45) is 7.05 Å². The first-order chi connectivity index (χ1) is 16.9. The van der Waals surface area contributed by atoms with E-state index < -0.39 is 0 Å². The molecule has 5 rings (SSSR count). The van der Waals surface area contributed by atoms with Crippen LogP contribution in [0.2, 0.25) is 5.02 Å². The number of halogens is 1. The number of hydrogen-bond acceptors (Lipinski definition) is 5. The highest BCUT2D eigenvalue weighted by Gasteiger charge is 2.27. The molecule has 35 heavy (non-hydrogen) atoms. The van der Waals surface area contributed by atoms with Crippen molar-refractivity contribution < 1.29 is 9.59 Å². The van der Waals surface area contributed by atoms with Crippen LogP contribution in [0, 0.1) is 6.92 Å². The second-order valence-corrected chi connectivity index (χ2v) is 9.53. The van der Waals surface area contributed by atoms with Gasteiger partial charge in [0.15, 0.2) is 0 Å². The Morgan fingerprint density at radius 2 is 1.91 bits per heavy atom. The molecular formula is C26H29ClN6O2. The average molecular weight is 493 g/mol. The van der Waals surface area contributed by atoms with Crippen molar-refractivity contribution >= 4 is 40.6 Å². The number of anilines is 3. The Hall–Kier alpha value is -3.36. The molecule has 0 saturated carbocycles. The molecule has 1 saturated heterocycles. The number of hydrogen-bond donors (Lipinski definition) is 2. The molecule has 0 radical (unpaired) electrons. The fourth-order valence-corrected chi connectivity index (χ4v) is 4.92. The molecule has 1 fully saturated rings. The SMILES string of the molecule is Cc1cc(C(=O)N2Cc3cnn(C)c3Nc3cc(Cl)ccc32)ccc1CCC(=O)N1CCNCC1. The van der Waals surface area contributed by atoms with Gasteiger partial charge in [0.2, 0.25) is 5.91 Å². The minimum Gasteiger partial charge on any atom is -0.340 e. The second-order valence-electron chi connectivity index (χ2n) is 9.09. The number of rotatable bonds is 4. The van der Waals surface area contributed by atoms with Gasteiger partial charge in [-0.25, -0.2) is 0 Å². The standard InChI is InChI=1S/C26H29ClN6O2/c1-17-13-19(4-3-18(17)5-8-24(34)32-11-9-28-10-12-32)26(35)33-16-20-15-29-31(2)25(20)30-22-14-21(27)6-7-23(22)33/h3-4,6-7,13-15,28,30H,5,8-12,16H2,1-2H3. The van der Waals surface area contributed by atoms with Crippen LogP contribution in [0.1, 0.15) is 33.5 Å². The second kappa shape index (κ2) is 9.71.